The number of aromatic amines is 1. The normalized spacial score (nSPS) is 11.9. The number of H-pyrrole nitrogens is 1. The third-order valence-electron chi connectivity index (χ3n) is 4.16. The minimum Gasteiger partial charge on any atom is -0.493 e. The first kappa shape index (κ1) is 19.6. The number of imidazole rings is 1. The van der Waals surface area contributed by atoms with E-state index < -0.39 is 0 Å². The number of carbonyl (C=O) groups excluding carboxylic acids is 1. The van der Waals surface area contributed by atoms with Gasteiger partial charge in [-0.25, -0.2) is 4.98 Å². The minimum atomic E-state index is -0.141. The number of rotatable bonds is 9. The van der Waals surface area contributed by atoms with Gasteiger partial charge in [-0.05, 0) is 30.0 Å². The lowest BCUT2D eigenvalue weighted by Gasteiger charge is -2.20. The molecule has 2 N–H and O–H groups in total. The lowest BCUT2D eigenvalue weighted by Crippen LogP contribution is -2.32. The molecule has 2 aromatic rings. The molecule has 0 saturated carbocycles. The van der Waals surface area contributed by atoms with Crippen molar-refractivity contribution in [3.8, 4) is 17.2 Å². The Balaban J connectivity index is 2.04. The highest BCUT2D eigenvalue weighted by molar-refractivity contribution is 5.76. The van der Waals surface area contributed by atoms with Crippen LogP contribution in [0.5, 0.6) is 17.2 Å². The maximum Gasteiger partial charge on any atom is 0.220 e. The standard InChI is InChI=1S/C19H27N3O4/c1-12(2)17(19-20-8-9-21-19)22-16(23)7-6-13-10-14(24-3)18(26-5)15(11-13)25-4/h8-12,17H,6-7H2,1-5H3,(H,20,21)(H,22,23)/t17-/m1/s1. The number of nitrogens with one attached hydrogen (secondary N) is 2. The van der Waals surface area contributed by atoms with E-state index in [-0.39, 0.29) is 17.9 Å². The molecule has 1 aromatic carbocycles. The number of carbonyl (C=O) groups is 1. The summed E-state index contributed by atoms with van der Waals surface area (Å²) in [6, 6.07) is 3.58. The van der Waals surface area contributed by atoms with Crippen molar-refractivity contribution in [3.05, 3.63) is 35.9 Å². The van der Waals surface area contributed by atoms with Crippen molar-refractivity contribution < 1.29 is 19.0 Å². The van der Waals surface area contributed by atoms with Crippen molar-refractivity contribution in [1.82, 2.24) is 15.3 Å². The van der Waals surface area contributed by atoms with Crippen molar-refractivity contribution >= 4 is 5.91 Å². The van der Waals surface area contributed by atoms with Crippen molar-refractivity contribution in [2.75, 3.05) is 21.3 Å². The molecule has 1 heterocycles. The molecule has 1 aromatic heterocycles. The smallest absolute Gasteiger partial charge is 0.220 e. The van der Waals surface area contributed by atoms with Crippen molar-refractivity contribution in [3.63, 3.8) is 0 Å². The zero-order valence-electron chi connectivity index (χ0n) is 16.0. The van der Waals surface area contributed by atoms with Crippen LogP contribution in [0.3, 0.4) is 0 Å². The summed E-state index contributed by atoms with van der Waals surface area (Å²) in [5, 5.41) is 3.05. The average Bonchev–Trinajstić information content (AvgIpc) is 3.17. The van der Waals surface area contributed by atoms with Crippen LogP contribution in [0.15, 0.2) is 24.5 Å². The summed E-state index contributed by atoms with van der Waals surface area (Å²) in [6.45, 7) is 4.10. The highest BCUT2D eigenvalue weighted by Gasteiger charge is 2.20. The molecule has 0 fully saturated rings. The van der Waals surface area contributed by atoms with E-state index >= 15 is 0 Å². The zero-order chi connectivity index (χ0) is 19.1. The van der Waals surface area contributed by atoms with Gasteiger partial charge in [0.15, 0.2) is 11.5 Å². The number of benzene rings is 1. The van der Waals surface area contributed by atoms with E-state index in [1.165, 1.54) is 0 Å². The lowest BCUT2D eigenvalue weighted by atomic mass is 10.0. The molecule has 142 valence electrons. The van der Waals surface area contributed by atoms with Crippen molar-refractivity contribution in [2.45, 2.75) is 32.7 Å². The summed E-state index contributed by atoms with van der Waals surface area (Å²) in [4.78, 5) is 19.7. The molecule has 0 aliphatic rings. The Bertz CT molecular complexity index is 689. The number of aryl methyl sites for hydroxylation is 1. The number of hydrogen-bond acceptors (Lipinski definition) is 5. The van der Waals surface area contributed by atoms with Crippen LogP contribution in [0.1, 0.15) is 37.7 Å². The molecule has 0 aliphatic heterocycles. The van der Waals surface area contributed by atoms with E-state index in [4.69, 9.17) is 14.2 Å². The van der Waals surface area contributed by atoms with E-state index in [1.54, 1.807) is 33.7 Å². The van der Waals surface area contributed by atoms with Crippen LogP contribution in [0.2, 0.25) is 0 Å². The van der Waals surface area contributed by atoms with E-state index in [0.717, 1.165) is 11.4 Å². The Morgan fingerprint density at radius 1 is 1.15 bits per heavy atom. The molecule has 1 atom stereocenters. The molecular formula is C19H27N3O4. The van der Waals surface area contributed by atoms with Gasteiger partial charge >= 0.3 is 0 Å². The fourth-order valence-corrected chi connectivity index (χ4v) is 2.78. The quantitative estimate of drug-likeness (QED) is 0.717. The monoisotopic (exact) mass is 361 g/mol. The molecule has 0 aliphatic carbocycles. The number of hydrogen-bond donors (Lipinski definition) is 2. The predicted octanol–water partition coefficient (Wildman–Crippen LogP) is 2.88. The molecule has 0 spiro atoms. The van der Waals surface area contributed by atoms with Gasteiger partial charge in [0, 0.05) is 18.8 Å². The Kier molecular flexibility index (Phi) is 6.89. The van der Waals surface area contributed by atoms with Crippen LogP contribution in [0.25, 0.3) is 0 Å². The highest BCUT2D eigenvalue weighted by atomic mass is 16.5. The molecule has 26 heavy (non-hydrogen) atoms. The summed E-state index contributed by atoms with van der Waals surface area (Å²) in [6.07, 6.45) is 4.35. The van der Waals surface area contributed by atoms with Gasteiger partial charge in [0.1, 0.15) is 5.82 Å². The molecule has 7 nitrogen and oxygen atoms in total. The molecule has 2 rings (SSSR count). The van der Waals surface area contributed by atoms with Crippen LogP contribution >= 0.6 is 0 Å². The molecule has 0 saturated heterocycles. The van der Waals surface area contributed by atoms with Gasteiger partial charge in [0.25, 0.3) is 0 Å². The second-order valence-electron chi connectivity index (χ2n) is 6.30. The lowest BCUT2D eigenvalue weighted by molar-refractivity contribution is -0.122. The van der Waals surface area contributed by atoms with E-state index in [1.807, 2.05) is 26.0 Å². The topological polar surface area (TPSA) is 85.5 Å². The number of nitrogens with zero attached hydrogens (tertiary/aromatic N) is 1. The van der Waals surface area contributed by atoms with Crippen LogP contribution < -0.4 is 19.5 Å². The first-order chi connectivity index (χ1) is 12.5. The maximum atomic E-state index is 12.4. The predicted molar refractivity (Wildman–Crippen MR) is 98.7 cm³/mol. The zero-order valence-corrected chi connectivity index (χ0v) is 16.0. The number of methoxy groups -OCH3 is 3. The Hall–Kier alpha value is -2.70. The third-order valence-corrected chi connectivity index (χ3v) is 4.16. The van der Waals surface area contributed by atoms with Crippen LogP contribution in [-0.4, -0.2) is 37.2 Å². The molecule has 0 unspecified atom stereocenters. The summed E-state index contributed by atoms with van der Waals surface area (Å²) in [5.74, 6) is 2.66. The molecule has 1 amide bonds. The first-order valence-corrected chi connectivity index (χ1v) is 8.57. The minimum absolute atomic E-state index is 0.0335. The molecular weight excluding hydrogens is 334 g/mol. The van der Waals surface area contributed by atoms with E-state index in [9.17, 15) is 4.79 Å². The number of amides is 1. The molecule has 0 bridgehead atoms. The Morgan fingerprint density at radius 3 is 2.27 bits per heavy atom. The Morgan fingerprint density at radius 2 is 1.81 bits per heavy atom. The van der Waals surface area contributed by atoms with Gasteiger partial charge in [-0.1, -0.05) is 13.8 Å². The van der Waals surface area contributed by atoms with Crippen molar-refractivity contribution in [1.29, 1.82) is 0 Å². The number of aromatic nitrogens is 2. The van der Waals surface area contributed by atoms with Gasteiger partial charge in [0.05, 0.1) is 27.4 Å². The number of ether oxygens (including phenoxy) is 3. The van der Waals surface area contributed by atoms with Crippen molar-refractivity contribution in [2.24, 2.45) is 5.92 Å². The van der Waals surface area contributed by atoms with Gasteiger partial charge in [0.2, 0.25) is 11.7 Å². The molecule has 0 radical (unpaired) electrons. The van der Waals surface area contributed by atoms with Gasteiger partial charge in [-0.2, -0.15) is 0 Å². The average molecular weight is 361 g/mol. The van der Waals surface area contributed by atoms with Gasteiger partial charge in [-0.3, -0.25) is 4.79 Å². The molecule has 7 heteroatoms. The fraction of sp³-hybridized carbons (Fsp3) is 0.474. The highest BCUT2D eigenvalue weighted by Crippen LogP contribution is 2.38. The largest absolute Gasteiger partial charge is 0.493 e. The van der Waals surface area contributed by atoms with Gasteiger partial charge in [-0.15, -0.1) is 0 Å². The maximum absolute atomic E-state index is 12.4. The second-order valence-corrected chi connectivity index (χ2v) is 6.30. The summed E-state index contributed by atoms with van der Waals surface area (Å²) in [7, 11) is 4.71. The summed E-state index contributed by atoms with van der Waals surface area (Å²) in [5.41, 5.74) is 0.939. The van der Waals surface area contributed by atoms with E-state index in [2.05, 4.69) is 15.3 Å². The Labute approximate surface area is 154 Å². The second kappa shape index (κ2) is 9.12. The summed E-state index contributed by atoms with van der Waals surface area (Å²) < 4.78 is 16.0. The third kappa shape index (κ3) is 4.68. The van der Waals surface area contributed by atoms with Crippen LogP contribution in [-0.2, 0) is 11.2 Å². The van der Waals surface area contributed by atoms with Gasteiger partial charge < -0.3 is 24.5 Å². The fourth-order valence-electron chi connectivity index (χ4n) is 2.78. The SMILES string of the molecule is COc1cc(CCC(=O)N[C@@H](c2ncc[nH]2)C(C)C)cc(OC)c1OC. The van der Waals surface area contributed by atoms with Crippen LogP contribution in [0.4, 0.5) is 0 Å². The first-order valence-electron chi connectivity index (χ1n) is 8.57. The van der Waals surface area contributed by atoms with E-state index in [0.29, 0.717) is 30.1 Å². The summed E-state index contributed by atoms with van der Waals surface area (Å²) >= 11 is 0. The van der Waals surface area contributed by atoms with Crippen LogP contribution in [0, 0.1) is 5.92 Å².